The number of ether oxygens (including phenoxy) is 1. The number of likely N-dealkylation sites (tertiary alicyclic amines) is 1. The molecule has 2 rings (SSSR count). The van der Waals surface area contributed by atoms with Crippen molar-refractivity contribution in [2.24, 2.45) is 0 Å². The van der Waals surface area contributed by atoms with Crippen LogP contribution < -0.4 is 10.5 Å². The summed E-state index contributed by atoms with van der Waals surface area (Å²) in [5.41, 5.74) is 6.41. The molecule has 5 heteroatoms. The molecule has 1 atom stereocenters. The van der Waals surface area contributed by atoms with Crippen LogP contribution in [0.2, 0.25) is 0 Å². The van der Waals surface area contributed by atoms with Crippen LogP contribution in [-0.2, 0) is 4.79 Å². The number of rotatable bonds is 5. The zero-order valence-corrected chi connectivity index (χ0v) is 12.9. The molecule has 0 saturated carbocycles. The summed E-state index contributed by atoms with van der Waals surface area (Å²) in [7, 11) is 4.14. The maximum Gasteiger partial charge on any atom is 0.226 e. The summed E-state index contributed by atoms with van der Waals surface area (Å²) in [6, 6.07) is 7.82. The van der Waals surface area contributed by atoms with Gasteiger partial charge in [0.25, 0.3) is 0 Å². The number of likely N-dealkylation sites (N-methyl/N-ethyl adjacent to an activating group) is 1. The number of amides is 1. The second kappa shape index (κ2) is 7.31. The third-order valence-electron chi connectivity index (χ3n) is 3.97. The summed E-state index contributed by atoms with van der Waals surface area (Å²) in [5, 5.41) is 0. The number of carbonyl (C=O) groups is 1. The molecule has 5 nitrogen and oxygen atoms in total. The van der Waals surface area contributed by atoms with Crippen molar-refractivity contribution >= 4 is 11.6 Å². The largest absolute Gasteiger partial charge is 0.491 e. The number of nitrogens with two attached hydrogens (primary N) is 1. The van der Waals surface area contributed by atoms with Crippen LogP contribution in [0.3, 0.4) is 0 Å². The number of hydrogen-bond acceptors (Lipinski definition) is 4. The lowest BCUT2D eigenvalue weighted by Gasteiger charge is -2.36. The highest BCUT2D eigenvalue weighted by atomic mass is 16.5. The molecule has 21 heavy (non-hydrogen) atoms. The molecule has 116 valence electrons. The first-order valence-corrected chi connectivity index (χ1v) is 7.49. The van der Waals surface area contributed by atoms with Gasteiger partial charge in [0.15, 0.2) is 0 Å². The molecule has 0 radical (unpaired) electrons. The molecule has 1 aromatic rings. The Morgan fingerprint density at radius 2 is 2.19 bits per heavy atom. The predicted octanol–water partition coefficient (Wildman–Crippen LogP) is 1.59. The lowest BCUT2D eigenvalue weighted by Crippen LogP contribution is -2.47. The molecular weight excluding hydrogens is 266 g/mol. The van der Waals surface area contributed by atoms with Gasteiger partial charge in [-0.25, -0.2) is 0 Å². The van der Waals surface area contributed by atoms with Crippen LogP contribution in [0.5, 0.6) is 5.75 Å². The normalized spacial score (nSPS) is 18.8. The fourth-order valence-electron chi connectivity index (χ4n) is 2.62. The van der Waals surface area contributed by atoms with Crippen molar-refractivity contribution in [2.45, 2.75) is 25.3 Å². The van der Waals surface area contributed by atoms with E-state index in [1.54, 1.807) is 6.07 Å². The van der Waals surface area contributed by atoms with Crippen LogP contribution in [-0.4, -0.2) is 55.5 Å². The SMILES string of the molecule is CN(C)C1CCCN(C(=O)CCOc2ccccc2N)C1. The highest BCUT2D eigenvalue weighted by Gasteiger charge is 2.24. The Kier molecular flexibility index (Phi) is 5.44. The van der Waals surface area contributed by atoms with Crippen LogP contribution in [0.15, 0.2) is 24.3 Å². The number of nitrogens with zero attached hydrogens (tertiary/aromatic N) is 2. The van der Waals surface area contributed by atoms with E-state index in [-0.39, 0.29) is 5.91 Å². The van der Waals surface area contributed by atoms with E-state index in [2.05, 4.69) is 19.0 Å². The molecule has 1 saturated heterocycles. The van der Waals surface area contributed by atoms with Crippen molar-refractivity contribution in [1.82, 2.24) is 9.80 Å². The highest BCUT2D eigenvalue weighted by molar-refractivity contribution is 5.76. The molecular formula is C16H25N3O2. The fraction of sp³-hybridized carbons (Fsp3) is 0.562. The molecule has 1 heterocycles. The van der Waals surface area contributed by atoms with Crippen LogP contribution in [0.4, 0.5) is 5.69 Å². The van der Waals surface area contributed by atoms with Gasteiger partial charge in [0.1, 0.15) is 5.75 Å². The van der Waals surface area contributed by atoms with E-state index >= 15 is 0 Å². The second-order valence-corrected chi connectivity index (χ2v) is 5.74. The minimum absolute atomic E-state index is 0.163. The molecule has 1 aromatic carbocycles. The van der Waals surface area contributed by atoms with Crippen LogP contribution >= 0.6 is 0 Å². The zero-order chi connectivity index (χ0) is 15.2. The third-order valence-corrected chi connectivity index (χ3v) is 3.97. The molecule has 0 aromatic heterocycles. The Balaban J connectivity index is 1.78. The highest BCUT2D eigenvalue weighted by Crippen LogP contribution is 2.20. The van der Waals surface area contributed by atoms with Gasteiger partial charge >= 0.3 is 0 Å². The third kappa shape index (κ3) is 4.36. The molecule has 1 unspecified atom stereocenters. The Bertz CT molecular complexity index is 476. The average molecular weight is 291 g/mol. The number of hydrogen-bond donors (Lipinski definition) is 1. The van der Waals surface area contributed by atoms with Crippen molar-refractivity contribution in [2.75, 3.05) is 39.5 Å². The summed E-state index contributed by atoms with van der Waals surface area (Å²) in [4.78, 5) is 16.4. The molecule has 2 N–H and O–H groups in total. The second-order valence-electron chi connectivity index (χ2n) is 5.74. The standard InChI is InChI=1S/C16H25N3O2/c1-18(2)13-6-5-10-19(12-13)16(20)9-11-21-15-8-4-3-7-14(15)17/h3-4,7-8,13H,5-6,9-12,17H2,1-2H3. The number of carbonyl (C=O) groups excluding carboxylic acids is 1. The van der Waals surface area contributed by atoms with Crippen molar-refractivity contribution in [3.05, 3.63) is 24.3 Å². The van der Waals surface area contributed by atoms with E-state index in [0.717, 1.165) is 25.9 Å². The van der Waals surface area contributed by atoms with Crippen LogP contribution in [0, 0.1) is 0 Å². The van der Waals surface area contributed by atoms with E-state index in [0.29, 0.717) is 30.5 Å². The van der Waals surface area contributed by atoms with Crippen LogP contribution in [0.1, 0.15) is 19.3 Å². The van der Waals surface area contributed by atoms with E-state index in [1.807, 2.05) is 23.1 Å². The topological polar surface area (TPSA) is 58.8 Å². The maximum absolute atomic E-state index is 12.2. The monoisotopic (exact) mass is 291 g/mol. The van der Waals surface area contributed by atoms with Gasteiger partial charge in [-0.15, -0.1) is 0 Å². The number of anilines is 1. The number of piperidine rings is 1. The lowest BCUT2D eigenvalue weighted by atomic mass is 10.0. The fourth-order valence-corrected chi connectivity index (χ4v) is 2.62. The number of para-hydroxylation sites is 2. The Morgan fingerprint density at radius 1 is 1.43 bits per heavy atom. The van der Waals surface area contributed by atoms with E-state index in [9.17, 15) is 4.79 Å². The van der Waals surface area contributed by atoms with E-state index in [1.165, 1.54) is 0 Å². The number of nitrogen functional groups attached to an aromatic ring is 1. The van der Waals surface area contributed by atoms with Gasteiger partial charge in [-0.3, -0.25) is 4.79 Å². The quantitative estimate of drug-likeness (QED) is 0.837. The van der Waals surface area contributed by atoms with Gasteiger partial charge in [-0.1, -0.05) is 12.1 Å². The molecule has 1 fully saturated rings. The molecule has 0 bridgehead atoms. The summed E-state index contributed by atoms with van der Waals surface area (Å²) in [6.45, 7) is 2.05. The van der Waals surface area contributed by atoms with Crippen molar-refractivity contribution in [3.8, 4) is 5.75 Å². The average Bonchev–Trinajstić information content (AvgIpc) is 2.49. The Morgan fingerprint density at radius 3 is 2.90 bits per heavy atom. The summed E-state index contributed by atoms with van der Waals surface area (Å²) < 4.78 is 5.59. The summed E-state index contributed by atoms with van der Waals surface area (Å²) in [5.74, 6) is 0.811. The minimum Gasteiger partial charge on any atom is -0.491 e. The molecule has 1 aliphatic heterocycles. The van der Waals surface area contributed by atoms with Crippen molar-refractivity contribution in [3.63, 3.8) is 0 Å². The van der Waals surface area contributed by atoms with Crippen molar-refractivity contribution in [1.29, 1.82) is 0 Å². The Hall–Kier alpha value is -1.75. The first-order chi connectivity index (χ1) is 10.1. The summed E-state index contributed by atoms with van der Waals surface area (Å²) >= 11 is 0. The van der Waals surface area contributed by atoms with Gasteiger partial charge in [-0.2, -0.15) is 0 Å². The van der Waals surface area contributed by atoms with E-state index in [4.69, 9.17) is 10.5 Å². The Labute approximate surface area is 126 Å². The molecule has 0 aliphatic carbocycles. The summed E-state index contributed by atoms with van der Waals surface area (Å²) in [6.07, 6.45) is 2.63. The minimum atomic E-state index is 0.163. The van der Waals surface area contributed by atoms with Gasteiger partial charge in [0.05, 0.1) is 18.7 Å². The first-order valence-electron chi connectivity index (χ1n) is 7.49. The molecule has 0 spiro atoms. The molecule has 1 amide bonds. The molecule has 1 aliphatic rings. The maximum atomic E-state index is 12.2. The smallest absolute Gasteiger partial charge is 0.226 e. The van der Waals surface area contributed by atoms with Gasteiger partial charge in [-0.05, 0) is 39.1 Å². The predicted molar refractivity (Wildman–Crippen MR) is 84.3 cm³/mol. The lowest BCUT2D eigenvalue weighted by molar-refractivity contribution is -0.133. The van der Waals surface area contributed by atoms with Gasteiger partial charge in [0, 0.05) is 19.1 Å². The van der Waals surface area contributed by atoms with Gasteiger partial charge < -0.3 is 20.3 Å². The van der Waals surface area contributed by atoms with Crippen LogP contribution in [0.25, 0.3) is 0 Å². The first kappa shape index (κ1) is 15.6. The van der Waals surface area contributed by atoms with Gasteiger partial charge in [0.2, 0.25) is 5.91 Å². The van der Waals surface area contributed by atoms with Crippen molar-refractivity contribution < 1.29 is 9.53 Å². The number of benzene rings is 1. The zero-order valence-electron chi connectivity index (χ0n) is 12.9. The van der Waals surface area contributed by atoms with E-state index < -0.39 is 0 Å².